The minimum atomic E-state index is -3.67. The van der Waals surface area contributed by atoms with Crippen molar-refractivity contribution in [2.75, 3.05) is 13.1 Å². The number of allylic oxidation sites excluding steroid dienone is 1. The maximum absolute atomic E-state index is 12.8. The molecule has 0 saturated carbocycles. The summed E-state index contributed by atoms with van der Waals surface area (Å²) in [6.07, 6.45) is 3.74. The van der Waals surface area contributed by atoms with Gasteiger partial charge in [0.1, 0.15) is 0 Å². The third-order valence-electron chi connectivity index (χ3n) is 4.93. The third kappa shape index (κ3) is 2.40. The molecule has 6 nitrogen and oxygen atoms in total. The number of benzene rings is 1. The average Bonchev–Trinajstić information content (AvgIpc) is 3.06. The van der Waals surface area contributed by atoms with Crippen LogP contribution in [0.15, 0.2) is 53.0 Å². The van der Waals surface area contributed by atoms with E-state index in [0.717, 1.165) is 18.4 Å². The smallest absolute Gasteiger partial charge is 0.258 e. The number of nitro benzene ring substituents is 1. The van der Waals surface area contributed by atoms with Crippen LogP contribution in [0.4, 0.5) is 5.69 Å². The Kier molecular flexibility index (Phi) is 3.65. The molecule has 0 spiro atoms. The van der Waals surface area contributed by atoms with Crippen LogP contribution in [0.25, 0.3) is 0 Å². The summed E-state index contributed by atoms with van der Waals surface area (Å²) in [6.45, 7) is 6.71. The molecule has 1 aliphatic carbocycles. The highest BCUT2D eigenvalue weighted by atomic mass is 32.2. The molecule has 1 aromatic carbocycles. The molecule has 0 bridgehead atoms. The summed E-state index contributed by atoms with van der Waals surface area (Å²) in [6, 6.07) is 5.03. The first-order valence-electron chi connectivity index (χ1n) is 7.37. The van der Waals surface area contributed by atoms with Crippen LogP contribution in [-0.4, -0.2) is 30.7 Å². The van der Waals surface area contributed by atoms with Gasteiger partial charge in [-0.15, -0.1) is 6.58 Å². The molecular weight excluding hydrogens is 316 g/mol. The van der Waals surface area contributed by atoms with Crippen molar-refractivity contribution >= 4 is 15.7 Å². The van der Waals surface area contributed by atoms with Gasteiger partial charge in [0.15, 0.2) is 0 Å². The molecule has 7 heteroatoms. The number of hydrogen-bond donors (Lipinski definition) is 0. The van der Waals surface area contributed by atoms with Crippen molar-refractivity contribution in [1.82, 2.24) is 4.31 Å². The van der Waals surface area contributed by atoms with Crippen LogP contribution in [0.1, 0.15) is 19.8 Å². The van der Waals surface area contributed by atoms with E-state index in [0.29, 0.717) is 13.1 Å². The third-order valence-corrected chi connectivity index (χ3v) is 6.74. The molecule has 0 amide bonds. The monoisotopic (exact) mass is 334 g/mol. The van der Waals surface area contributed by atoms with Crippen LogP contribution in [0, 0.1) is 15.5 Å². The first-order valence-corrected chi connectivity index (χ1v) is 8.81. The Balaban J connectivity index is 1.94. The highest BCUT2D eigenvalue weighted by molar-refractivity contribution is 7.89. The van der Waals surface area contributed by atoms with Crippen LogP contribution in [0.5, 0.6) is 0 Å². The summed E-state index contributed by atoms with van der Waals surface area (Å²) in [5.74, 6) is 0. The van der Waals surface area contributed by atoms with Gasteiger partial charge in [0, 0.05) is 30.6 Å². The molecule has 2 aliphatic rings. The summed E-state index contributed by atoms with van der Waals surface area (Å²) < 4.78 is 27.1. The Hall–Kier alpha value is -1.99. The fourth-order valence-electron chi connectivity index (χ4n) is 3.50. The van der Waals surface area contributed by atoms with E-state index in [1.54, 1.807) is 0 Å². The fourth-order valence-corrected chi connectivity index (χ4v) is 4.98. The largest absolute Gasteiger partial charge is 0.269 e. The van der Waals surface area contributed by atoms with Crippen LogP contribution < -0.4 is 0 Å². The van der Waals surface area contributed by atoms with Gasteiger partial charge >= 0.3 is 0 Å². The zero-order chi connectivity index (χ0) is 16.8. The summed E-state index contributed by atoms with van der Waals surface area (Å²) in [5.41, 5.74) is 2.02. The number of nitrogens with zero attached hydrogens (tertiary/aromatic N) is 2. The second-order valence-corrected chi connectivity index (χ2v) is 8.08. The number of fused-ring (bicyclic) bond motifs is 1. The van der Waals surface area contributed by atoms with Gasteiger partial charge in [-0.25, -0.2) is 8.42 Å². The average molecular weight is 334 g/mol. The lowest BCUT2D eigenvalue weighted by Crippen LogP contribution is -2.31. The second kappa shape index (κ2) is 5.28. The Morgan fingerprint density at radius 3 is 2.52 bits per heavy atom. The number of nitro groups is 1. The van der Waals surface area contributed by atoms with Crippen molar-refractivity contribution in [2.45, 2.75) is 24.7 Å². The Morgan fingerprint density at radius 2 is 2.00 bits per heavy atom. The SMILES string of the molecule is C=C[C@@]12CCC(C)=C1CN(S(=O)(=O)c1ccc([N+](=O)[O-])cc1)C2. The summed E-state index contributed by atoms with van der Waals surface area (Å²) in [4.78, 5) is 10.2. The summed E-state index contributed by atoms with van der Waals surface area (Å²) >= 11 is 0. The van der Waals surface area contributed by atoms with Gasteiger partial charge in [0.25, 0.3) is 5.69 Å². The molecular formula is C16H18N2O4S. The lowest BCUT2D eigenvalue weighted by atomic mass is 9.84. The van der Waals surface area contributed by atoms with Gasteiger partial charge < -0.3 is 0 Å². The maximum Gasteiger partial charge on any atom is 0.269 e. The first-order chi connectivity index (χ1) is 10.8. The Bertz CT molecular complexity index is 811. The highest BCUT2D eigenvalue weighted by Gasteiger charge is 2.47. The van der Waals surface area contributed by atoms with Crippen molar-refractivity contribution in [1.29, 1.82) is 0 Å². The molecule has 1 aliphatic heterocycles. The quantitative estimate of drug-likeness (QED) is 0.482. The van der Waals surface area contributed by atoms with Gasteiger partial charge in [-0.1, -0.05) is 11.6 Å². The van der Waals surface area contributed by atoms with E-state index in [1.807, 2.05) is 13.0 Å². The summed E-state index contributed by atoms with van der Waals surface area (Å²) in [7, 11) is -3.67. The normalized spacial score (nSPS) is 24.7. The molecule has 1 fully saturated rings. The van der Waals surface area contributed by atoms with Gasteiger partial charge in [-0.3, -0.25) is 10.1 Å². The lowest BCUT2D eigenvalue weighted by molar-refractivity contribution is -0.384. The van der Waals surface area contributed by atoms with Gasteiger partial charge in [0.05, 0.1) is 9.82 Å². The molecule has 0 radical (unpaired) electrons. The second-order valence-electron chi connectivity index (χ2n) is 6.14. The number of rotatable bonds is 4. The van der Waals surface area contributed by atoms with Crippen molar-refractivity contribution in [3.63, 3.8) is 0 Å². The zero-order valence-corrected chi connectivity index (χ0v) is 13.7. The van der Waals surface area contributed by atoms with Crippen molar-refractivity contribution < 1.29 is 13.3 Å². The molecule has 0 N–H and O–H groups in total. The molecule has 1 saturated heterocycles. The molecule has 1 aromatic rings. The molecule has 23 heavy (non-hydrogen) atoms. The number of sulfonamides is 1. The Labute approximate surface area is 135 Å². The minimum absolute atomic E-state index is 0.0838. The van der Waals surface area contributed by atoms with E-state index in [9.17, 15) is 18.5 Å². The minimum Gasteiger partial charge on any atom is -0.258 e. The summed E-state index contributed by atoms with van der Waals surface area (Å²) in [5, 5.41) is 10.7. The van der Waals surface area contributed by atoms with Crippen LogP contribution >= 0.6 is 0 Å². The predicted molar refractivity (Wildman–Crippen MR) is 86.4 cm³/mol. The van der Waals surface area contributed by atoms with Crippen LogP contribution in [0.2, 0.25) is 0 Å². The molecule has 1 atom stereocenters. The maximum atomic E-state index is 12.8. The molecule has 122 valence electrons. The van der Waals surface area contributed by atoms with E-state index in [2.05, 4.69) is 6.58 Å². The van der Waals surface area contributed by atoms with E-state index in [1.165, 1.54) is 34.1 Å². The zero-order valence-electron chi connectivity index (χ0n) is 12.9. The molecule has 0 aromatic heterocycles. The van der Waals surface area contributed by atoms with E-state index < -0.39 is 14.9 Å². The highest BCUT2D eigenvalue weighted by Crippen LogP contribution is 2.49. The van der Waals surface area contributed by atoms with E-state index >= 15 is 0 Å². The fraction of sp³-hybridized carbons (Fsp3) is 0.375. The van der Waals surface area contributed by atoms with E-state index in [-0.39, 0.29) is 16.0 Å². The number of hydrogen-bond acceptors (Lipinski definition) is 4. The van der Waals surface area contributed by atoms with E-state index in [4.69, 9.17) is 0 Å². The topological polar surface area (TPSA) is 80.5 Å². The van der Waals surface area contributed by atoms with Crippen molar-refractivity contribution in [3.05, 3.63) is 58.2 Å². The van der Waals surface area contributed by atoms with Crippen LogP contribution in [0.3, 0.4) is 0 Å². The Morgan fingerprint density at radius 1 is 1.35 bits per heavy atom. The van der Waals surface area contributed by atoms with Gasteiger partial charge in [0.2, 0.25) is 10.0 Å². The van der Waals surface area contributed by atoms with Gasteiger partial charge in [-0.05, 0) is 37.5 Å². The molecule has 3 rings (SSSR count). The van der Waals surface area contributed by atoms with Crippen molar-refractivity contribution in [2.24, 2.45) is 5.41 Å². The van der Waals surface area contributed by atoms with Gasteiger partial charge in [-0.2, -0.15) is 4.31 Å². The van der Waals surface area contributed by atoms with Crippen LogP contribution in [-0.2, 0) is 10.0 Å². The first kappa shape index (κ1) is 15.9. The van der Waals surface area contributed by atoms with Crippen molar-refractivity contribution in [3.8, 4) is 0 Å². The molecule has 0 unspecified atom stereocenters. The standard InChI is InChI=1S/C16H18N2O4S/c1-3-16-9-8-12(2)15(16)10-17(11-16)23(21,22)14-6-4-13(5-7-14)18(19)20/h3-7H,1,8-11H2,2H3/t16-/m0/s1. The predicted octanol–water partition coefficient (Wildman–Crippen LogP) is 2.88. The lowest BCUT2D eigenvalue weighted by Gasteiger charge is -2.22. The number of non-ortho nitro benzene ring substituents is 1. The molecule has 1 heterocycles.